The van der Waals surface area contributed by atoms with Crippen LogP contribution in [-0.2, 0) is 14.3 Å². The molecule has 0 spiro atoms. The molecule has 0 aliphatic carbocycles. The number of carboxylic acid groups (broad SMARTS) is 1. The van der Waals surface area contributed by atoms with E-state index in [9.17, 15) is 7.86 Å². The fourth-order valence-corrected chi connectivity index (χ4v) is 3.09. The molecule has 0 aliphatic heterocycles. The van der Waals surface area contributed by atoms with Gasteiger partial charge in [-0.2, -0.15) is 0 Å². The zero-order chi connectivity index (χ0) is 9.84. The maximum absolute atomic E-state index is 10.9. The Kier molecular flexibility index (Phi) is 4.23. The Labute approximate surface area is 99.3 Å². The molecular formula is C8H6I2O3. The van der Waals surface area contributed by atoms with Gasteiger partial charge in [-0.25, -0.2) is 0 Å². The molecule has 0 saturated heterocycles. The third-order valence-corrected chi connectivity index (χ3v) is 5.10. The summed E-state index contributed by atoms with van der Waals surface area (Å²) >= 11 is 0.781. The van der Waals surface area contributed by atoms with E-state index in [0.717, 1.165) is 3.57 Å². The van der Waals surface area contributed by atoms with Crippen LogP contribution in [0.25, 0.3) is 0 Å². The Balaban J connectivity index is 3.12. The van der Waals surface area contributed by atoms with E-state index in [-0.39, 0.29) is 6.42 Å². The summed E-state index contributed by atoms with van der Waals surface area (Å²) in [6, 6.07) is 5.32. The molecule has 0 amide bonds. The second kappa shape index (κ2) is 4.99. The largest absolute Gasteiger partial charge is 0.481 e. The molecule has 0 unspecified atom stereocenters. The lowest BCUT2D eigenvalue weighted by molar-refractivity contribution is -0.136. The molecule has 0 atom stereocenters. The van der Waals surface area contributed by atoms with Gasteiger partial charge in [-0.05, 0) is 34.2 Å². The lowest BCUT2D eigenvalue weighted by Gasteiger charge is -2.01. The first-order valence-electron chi connectivity index (χ1n) is 3.41. The van der Waals surface area contributed by atoms with Gasteiger partial charge in [0, 0.05) is 3.57 Å². The average molecular weight is 404 g/mol. The van der Waals surface area contributed by atoms with Crippen LogP contribution in [0.1, 0.15) is 5.56 Å². The molecule has 13 heavy (non-hydrogen) atoms. The van der Waals surface area contributed by atoms with Gasteiger partial charge in [-0.15, -0.1) is 0 Å². The number of halogens is 2. The van der Waals surface area contributed by atoms with E-state index in [1.165, 1.54) is 0 Å². The molecule has 0 radical (unpaired) electrons. The van der Waals surface area contributed by atoms with Gasteiger partial charge in [0.25, 0.3) is 0 Å². The van der Waals surface area contributed by atoms with Crippen molar-refractivity contribution in [1.82, 2.24) is 0 Å². The summed E-state index contributed by atoms with van der Waals surface area (Å²) in [5, 5.41) is 8.59. The van der Waals surface area contributed by atoms with Gasteiger partial charge in [-0.3, -0.25) is 7.86 Å². The number of benzene rings is 1. The Bertz CT molecular complexity index is 349. The van der Waals surface area contributed by atoms with Gasteiger partial charge in [0.1, 0.15) is 0 Å². The maximum Gasteiger partial charge on any atom is 0.307 e. The predicted octanol–water partition coefficient (Wildman–Crippen LogP) is 2.40. The standard InChI is InChI=1S/C8H6I2O3/c9-6-3-1-2-5(4-7(11)12)8(6)10-13/h1-3H,4H2,(H,11,12). The number of aliphatic carboxylic acids is 1. The Morgan fingerprint density at radius 3 is 2.77 bits per heavy atom. The van der Waals surface area contributed by atoms with Gasteiger partial charge < -0.3 is 5.11 Å². The topological polar surface area (TPSA) is 54.4 Å². The number of rotatable bonds is 3. The van der Waals surface area contributed by atoms with E-state index in [1.807, 2.05) is 6.07 Å². The van der Waals surface area contributed by atoms with Crippen molar-refractivity contribution >= 4 is 49.8 Å². The van der Waals surface area contributed by atoms with E-state index >= 15 is 0 Å². The second-order valence-corrected chi connectivity index (χ2v) is 5.04. The zero-order valence-corrected chi connectivity index (χ0v) is 10.8. The minimum Gasteiger partial charge on any atom is -0.481 e. The minimum atomic E-state index is -1.29. The van der Waals surface area contributed by atoms with Crippen LogP contribution in [0.3, 0.4) is 0 Å². The van der Waals surface area contributed by atoms with Crippen molar-refractivity contribution in [3.63, 3.8) is 0 Å². The predicted molar refractivity (Wildman–Crippen MR) is 63.9 cm³/mol. The van der Waals surface area contributed by atoms with E-state index < -0.39 is 27.2 Å². The molecule has 0 aromatic heterocycles. The fourth-order valence-electron chi connectivity index (χ4n) is 0.934. The monoisotopic (exact) mass is 404 g/mol. The maximum atomic E-state index is 10.9. The minimum absolute atomic E-state index is 0.0475. The van der Waals surface area contributed by atoms with E-state index in [0.29, 0.717) is 9.13 Å². The molecule has 1 N–H and O–H groups in total. The van der Waals surface area contributed by atoms with Crippen LogP contribution in [0.5, 0.6) is 0 Å². The highest BCUT2D eigenvalue weighted by atomic mass is 127. The first-order chi connectivity index (χ1) is 6.15. The molecule has 1 aromatic carbocycles. The summed E-state index contributed by atoms with van der Waals surface area (Å²) in [6.45, 7) is 0. The molecule has 0 aliphatic rings. The van der Waals surface area contributed by atoms with Gasteiger partial charge in [0.05, 0.1) is 9.99 Å². The van der Waals surface area contributed by atoms with E-state index in [4.69, 9.17) is 5.11 Å². The summed E-state index contributed by atoms with van der Waals surface area (Å²) < 4.78 is 12.5. The highest BCUT2D eigenvalue weighted by Crippen LogP contribution is 2.22. The van der Waals surface area contributed by atoms with Crippen LogP contribution < -0.4 is 0 Å². The molecule has 0 heterocycles. The molecule has 0 fully saturated rings. The first kappa shape index (κ1) is 11.0. The number of hydrogen-bond acceptors (Lipinski definition) is 2. The van der Waals surface area contributed by atoms with Gasteiger partial charge >= 0.3 is 5.97 Å². The highest BCUT2D eigenvalue weighted by Gasteiger charge is 2.09. The van der Waals surface area contributed by atoms with Crippen LogP contribution in [0.2, 0.25) is 0 Å². The first-order valence-corrected chi connectivity index (χ1v) is 6.45. The van der Waals surface area contributed by atoms with Crippen LogP contribution in [0, 0.1) is 7.14 Å². The summed E-state index contributed by atoms with van der Waals surface area (Å²) in [5.74, 6) is -0.888. The van der Waals surface area contributed by atoms with Crippen molar-refractivity contribution in [2.24, 2.45) is 0 Å². The number of carboxylic acids is 1. The summed E-state index contributed by atoms with van der Waals surface area (Å²) in [6.07, 6.45) is -0.0475. The molecular weight excluding hydrogens is 398 g/mol. The molecule has 0 saturated carbocycles. The third-order valence-electron chi connectivity index (χ3n) is 1.45. The molecule has 5 heteroatoms. The Morgan fingerprint density at radius 1 is 1.54 bits per heavy atom. The summed E-state index contributed by atoms with van der Waals surface area (Å²) in [4.78, 5) is 10.5. The third kappa shape index (κ3) is 2.97. The second-order valence-electron chi connectivity index (χ2n) is 2.36. The molecule has 0 bridgehead atoms. The van der Waals surface area contributed by atoms with Crippen LogP contribution in [0.4, 0.5) is 0 Å². The van der Waals surface area contributed by atoms with Crippen LogP contribution in [0.15, 0.2) is 18.2 Å². The van der Waals surface area contributed by atoms with Crippen LogP contribution in [-0.4, -0.2) is 11.1 Å². The fraction of sp³-hybridized carbons (Fsp3) is 0.125. The van der Waals surface area contributed by atoms with Gasteiger partial charge in [0.15, 0.2) is 21.2 Å². The molecule has 70 valence electrons. The van der Waals surface area contributed by atoms with Crippen LogP contribution >= 0.6 is 43.8 Å². The lowest BCUT2D eigenvalue weighted by Crippen LogP contribution is -2.02. The van der Waals surface area contributed by atoms with Crippen molar-refractivity contribution < 1.29 is 13.0 Å². The number of carbonyl (C=O) groups is 1. The van der Waals surface area contributed by atoms with Crippen molar-refractivity contribution in [1.29, 1.82) is 0 Å². The van der Waals surface area contributed by atoms with E-state index in [1.54, 1.807) is 12.1 Å². The van der Waals surface area contributed by atoms with Crippen molar-refractivity contribution in [2.75, 3.05) is 0 Å². The highest BCUT2D eigenvalue weighted by molar-refractivity contribution is 14.2. The zero-order valence-electron chi connectivity index (χ0n) is 6.46. The van der Waals surface area contributed by atoms with Gasteiger partial charge in [-0.1, -0.05) is 12.1 Å². The van der Waals surface area contributed by atoms with Crippen molar-refractivity contribution in [3.05, 3.63) is 30.9 Å². The lowest BCUT2D eigenvalue weighted by atomic mass is 10.2. The Morgan fingerprint density at radius 2 is 2.23 bits per heavy atom. The van der Waals surface area contributed by atoms with E-state index in [2.05, 4.69) is 22.6 Å². The molecule has 1 aromatic rings. The normalized spacial score (nSPS) is 9.92. The van der Waals surface area contributed by atoms with Crippen molar-refractivity contribution in [2.45, 2.75) is 6.42 Å². The smallest absolute Gasteiger partial charge is 0.307 e. The average Bonchev–Trinajstić information content (AvgIpc) is 2.03. The summed E-state index contributed by atoms with van der Waals surface area (Å²) in [7, 11) is 0. The summed E-state index contributed by atoms with van der Waals surface area (Å²) in [5.41, 5.74) is 0.669. The molecule has 1 rings (SSSR count). The quantitative estimate of drug-likeness (QED) is 0.788. The molecule has 3 nitrogen and oxygen atoms in total. The van der Waals surface area contributed by atoms with Gasteiger partial charge in [0.2, 0.25) is 0 Å². The van der Waals surface area contributed by atoms with Crippen molar-refractivity contribution in [3.8, 4) is 0 Å². The number of hydrogen-bond donors (Lipinski definition) is 1. The Hall–Kier alpha value is -0.0500. The SMILES string of the molecule is O=Ic1c(I)cccc1CC(=O)O.